The zero-order valence-electron chi connectivity index (χ0n) is 25.7. The van der Waals surface area contributed by atoms with Crippen LogP contribution in [0, 0.1) is 17.1 Å². The molecule has 0 bridgehead atoms. The molecule has 2 fully saturated rings. The van der Waals surface area contributed by atoms with E-state index in [-0.39, 0.29) is 76.2 Å². The minimum atomic E-state index is -4.90. The van der Waals surface area contributed by atoms with Gasteiger partial charge in [0.15, 0.2) is 0 Å². The summed E-state index contributed by atoms with van der Waals surface area (Å²) >= 11 is 1.12. The molecule has 3 aromatic rings. The van der Waals surface area contributed by atoms with E-state index in [0.29, 0.717) is 18.4 Å². The largest absolute Gasteiger partial charge is 0.417 e. The summed E-state index contributed by atoms with van der Waals surface area (Å²) in [5.41, 5.74) is -2.53. The molecule has 6 rings (SSSR count). The first-order chi connectivity index (χ1) is 21.8. The summed E-state index contributed by atoms with van der Waals surface area (Å²) in [6.07, 6.45) is -1.81. The Hall–Kier alpha value is -3.89. The topological polar surface area (TPSA) is 91.5 Å². The van der Waals surface area contributed by atoms with Crippen LogP contribution in [0.15, 0.2) is 46.6 Å². The number of nitriles is 1. The van der Waals surface area contributed by atoms with Gasteiger partial charge in [0.25, 0.3) is 0 Å². The van der Waals surface area contributed by atoms with Crippen LogP contribution in [-0.4, -0.2) is 65.0 Å². The van der Waals surface area contributed by atoms with Gasteiger partial charge in [-0.3, -0.25) is 9.36 Å². The van der Waals surface area contributed by atoms with E-state index in [0.717, 1.165) is 30.3 Å². The first-order valence-corrected chi connectivity index (χ1v) is 16.1. The van der Waals surface area contributed by atoms with Crippen molar-refractivity contribution in [2.45, 2.75) is 67.7 Å². The van der Waals surface area contributed by atoms with Gasteiger partial charge < -0.3 is 14.5 Å². The van der Waals surface area contributed by atoms with Crippen molar-refractivity contribution in [3.63, 3.8) is 0 Å². The highest BCUT2D eigenvalue weighted by atomic mass is 32.2. The first-order valence-electron chi connectivity index (χ1n) is 15.1. The summed E-state index contributed by atoms with van der Waals surface area (Å²) < 4.78 is 67.8. The summed E-state index contributed by atoms with van der Waals surface area (Å²) in [5, 5.41) is 10.0. The van der Waals surface area contributed by atoms with Crippen LogP contribution in [0.25, 0.3) is 22.0 Å². The Morgan fingerprint density at radius 2 is 1.93 bits per heavy atom. The Kier molecular flexibility index (Phi) is 8.17. The average Bonchev–Trinajstić information content (AvgIpc) is 2.98. The zero-order chi connectivity index (χ0) is 33.1. The van der Waals surface area contributed by atoms with E-state index in [1.807, 2.05) is 13.8 Å². The van der Waals surface area contributed by atoms with Gasteiger partial charge in [-0.2, -0.15) is 23.4 Å². The number of amides is 1. The molecule has 0 radical (unpaired) electrons. The molecule has 0 spiro atoms. The molecule has 3 atom stereocenters. The maximum atomic E-state index is 15.7. The van der Waals surface area contributed by atoms with E-state index in [1.54, 1.807) is 9.80 Å². The predicted molar refractivity (Wildman–Crippen MR) is 167 cm³/mol. The average molecular weight is 656 g/mol. The zero-order valence-corrected chi connectivity index (χ0v) is 26.5. The number of alkyl halides is 3. The van der Waals surface area contributed by atoms with Crippen molar-refractivity contribution < 1.29 is 27.1 Å². The SMILES string of the molecule is C=CC(=O)N1[C@H](C)CN(c2nc(=O)n3c4c(c(-c5cc(C6(C#N)CCC6)ccc5F)c(C(F)(F)F)cc24)SC[C@@H]3COC)C[C@@H]1C. The monoisotopic (exact) mass is 655 g/mol. The summed E-state index contributed by atoms with van der Waals surface area (Å²) in [6.45, 7) is 7.76. The summed E-state index contributed by atoms with van der Waals surface area (Å²) in [6, 6.07) is 5.99. The summed E-state index contributed by atoms with van der Waals surface area (Å²) in [7, 11) is 1.47. The predicted octanol–water partition coefficient (Wildman–Crippen LogP) is 6.07. The number of carbonyl (C=O) groups is 1. The van der Waals surface area contributed by atoms with Crippen LogP contribution in [0.3, 0.4) is 0 Å². The molecule has 1 amide bonds. The Balaban J connectivity index is 1.65. The first kappa shape index (κ1) is 32.1. The molecule has 46 heavy (non-hydrogen) atoms. The lowest BCUT2D eigenvalue weighted by Gasteiger charge is -2.45. The van der Waals surface area contributed by atoms with Gasteiger partial charge in [-0.15, -0.1) is 11.8 Å². The molecular formula is C33H33F4N5O3S. The Morgan fingerprint density at radius 3 is 2.50 bits per heavy atom. The number of anilines is 1. The molecule has 13 heteroatoms. The smallest absolute Gasteiger partial charge is 0.383 e. The molecular weight excluding hydrogens is 622 g/mol. The fourth-order valence-corrected chi connectivity index (χ4v) is 8.50. The molecule has 1 aliphatic carbocycles. The lowest BCUT2D eigenvalue weighted by atomic mass is 9.65. The number of aromatic nitrogens is 2. The van der Waals surface area contributed by atoms with Gasteiger partial charge in [0.05, 0.1) is 35.2 Å². The Bertz CT molecular complexity index is 1840. The summed E-state index contributed by atoms with van der Waals surface area (Å²) in [5.74, 6) is -0.849. The van der Waals surface area contributed by atoms with Crippen LogP contribution in [0.2, 0.25) is 0 Å². The fraction of sp³-hybridized carbons (Fsp3) is 0.455. The van der Waals surface area contributed by atoms with Gasteiger partial charge in [0, 0.05) is 59.4 Å². The van der Waals surface area contributed by atoms with Crippen molar-refractivity contribution in [1.82, 2.24) is 14.5 Å². The Labute approximate surface area is 267 Å². The molecule has 1 saturated heterocycles. The number of halogens is 4. The third-order valence-electron chi connectivity index (χ3n) is 9.45. The van der Waals surface area contributed by atoms with Crippen molar-refractivity contribution in [3.05, 3.63) is 64.3 Å². The van der Waals surface area contributed by atoms with Crippen LogP contribution in [0.4, 0.5) is 23.4 Å². The molecule has 1 saturated carbocycles. The number of methoxy groups -OCH3 is 1. The number of ether oxygens (including phenoxy) is 1. The number of nitrogens with zero attached hydrogens (tertiary/aromatic N) is 5. The van der Waals surface area contributed by atoms with E-state index >= 15 is 17.6 Å². The highest BCUT2D eigenvalue weighted by Crippen LogP contribution is 2.52. The van der Waals surface area contributed by atoms with Crippen LogP contribution >= 0.6 is 11.8 Å². The van der Waals surface area contributed by atoms with E-state index in [2.05, 4.69) is 17.6 Å². The van der Waals surface area contributed by atoms with Gasteiger partial charge in [-0.25, -0.2) is 9.18 Å². The molecule has 2 aliphatic heterocycles. The second-order valence-corrected chi connectivity index (χ2v) is 13.4. The van der Waals surface area contributed by atoms with Gasteiger partial charge in [0.2, 0.25) is 5.91 Å². The van der Waals surface area contributed by atoms with Crippen LogP contribution in [0.1, 0.15) is 50.3 Å². The maximum Gasteiger partial charge on any atom is 0.417 e. The van der Waals surface area contributed by atoms with Crippen LogP contribution < -0.4 is 10.6 Å². The second-order valence-electron chi connectivity index (χ2n) is 12.3. The van der Waals surface area contributed by atoms with E-state index in [1.165, 1.54) is 29.9 Å². The van der Waals surface area contributed by atoms with Crippen LogP contribution in [-0.2, 0) is 21.1 Å². The number of piperazine rings is 1. The minimum Gasteiger partial charge on any atom is -0.383 e. The quantitative estimate of drug-likeness (QED) is 0.235. The summed E-state index contributed by atoms with van der Waals surface area (Å²) in [4.78, 5) is 34.2. The standard InChI is InChI=1S/C33H33F4N5O3S/c1-5-26(43)41-18(2)13-40(14-19(41)3)30-23-12-24(33(35,36)37)27(22-11-20(7-8-25(22)34)32(17-38)9-6-10-32)29-28(23)42(31(44)39-30)21(15-45-4)16-46-29/h5,7-8,11-12,18-19,21H,1,6,9-10,13-16H2,2-4H3/t18-,19+,21-/m0/s1. The maximum absolute atomic E-state index is 15.7. The van der Waals surface area contributed by atoms with E-state index < -0.39 is 34.7 Å². The van der Waals surface area contributed by atoms with Crippen molar-refractivity contribution in [2.75, 3.05) is 37.5 Å². The highest BCUT2D eigenvalue weighted by molar-refractivity contribution is 7.99. The third kappa shape index (κ3) is 5.06. The molecule has 3 aliphatic rings. The number of carbonyl (C=O) groups excluding carboxylic acids is 1. The van der Waals surface area contributed by atoms with Crippen molar-refractivity contribution in [2.24, 2.45) is 0 Å². The van der Waals surface area contributed by atoms with E-state index in [9.17, 15) is 14.9 Å². The van der Waals surface area contributed by atoms with Crippen molar-refractivity contribution in [1.29, 1.82) is 5.26 Å². The van der Waals surface area contributed by atoms with Gasteiger partial charge in [0.1, 0.15) is 11.6 Å². The number of rotatable bonds is 6. The number of thioether (sulfide) groups is 1. The molecule has 0 N–H and O–H groups in total. The lowest BCUT2D eigenvalue weighted by molar-refractivity contribution is -0.137. The highest BCUT2D eigenvalue weighted by Gasteiger charge is 2.43. The lowest BCUT2D eigenvalue weighted by Crippen LogP contribution is -2.58. The molecule has 1 aromatic heterocycles. The Morgan fingerprint density at radius 1 is 1.24 bits per heavy atom. The van der Waals surface area contributed by atoms with Crippen molar-refractivity contribution in [3.8, 4) is 17.2 Å². The molecule has 8 nitrogen and oxygen atoms in total. The van der Waals surface area contributed by atoms with Gasteiger partial charge >= 0.3 is 11.9 Å². The van der Waals surface area contributed by atoms with E-state index in [4.69, 9.17) is 4.74 Å². The van der Waals surface area contributed by atoms with Gasteiger partial charge in [-0.05, 0) is 62.9 Å². The fourth-order valence-electron chi connectivity index (χ4n) is 7.18. The molecule has 0 unspecified atom stereocenters. The number of hydrogen-bond acceptors (Lipinski definition) is 7. The number of benzene rings is 2. The number of hydrogen-bond donors (Lipinski definition) is 0. The normalized spacial score (nSPS) is 22.3. The molecule has 2 aromatic carbocycles. The second kappa shape index (κ2) is 11.7. The minimum absolute atomic E-state index is 0.0738. The third-order valence-corrected chi connectivity index (χ3v) is 10.7. The molecule has 3 heterocycles. The van der Waals surface area contributed by atoms with Gasteiger partial charge in [-0.1, -0.05) is 12.6 Å². The van der Waals surface area contributed by atoms with Crippen molar-refractivity contribution >= 4 is 34.4 Å². The molecule has 242 valence electrons. The van der Waals surface area contributed by atoms with Crippen LogP contribution in [0.5, 0.6) is 0 Å².